The summed E-state index contributed by atoms with van der Waals surface area (Å²) in [6.07, 6.45) is 9.95. The average molecular weight is 527 g/mol. The van der Waals surface area contributed by atoms with E-state index in [1.165, 1.54) is 24.8 Å². The van der Waals surface area contributed by atoms with Crippen LogP contribution in [0.3, 0.4) is 0 Å². The van der Waals surface area contributed by atoms with E-state index in [-0.39, 0.29) is 29.8 Å². The van der Waals surface area contributed by atoms with Crippen molar-refractivity contribution >= 4 is 17.7 Å². The summed E-state index contributed by atoms with van der Waals surface area (Å²) >= 11 is 0. The van der Waals surface area contributed by atoms with Gasteiger partial charge in [0, 0.05) is 24.5 Å². The highest BCUT2D eigenvalue weighted by atomic mass is 16.2. The lowest BCUT2D eigenvalue weighted by molar-refractivity contribution is -0.141. The summed E-state index contributed by atoms with van der Waals surface area (Å²) in [4.78, 5) is 42.5. The predicted octanol–water partition coefficient (Wildman–Crippen LogP) is 4.31. The molecular formula is C31H50N4O3. The van der Waals surface area contributed by atoms with Crippen molar-refractivity contribution in [2.45, 2.75) is 84.1 Å². The van der Waals surface area contributed by atoms with Crippen LogP contribution in [-0.2, 0) is 19.9 Å². The number of carbonyl (C=O) groups excluding carboxylic acids is 3. The molecule has 3 amide bonds. The molecule has 1 saturated carbocycles. The van der Waals surface area contributed by atoms with E-state index in [4.69, 9.17) is 5.73 Å². The highest BCUT2D eigenvalue weighted by molar-refractivity contribution is 5.87. The second kappa shape index (κ2) is 13.1. The van der Waals surface area contributed by atoms with Gasteiger partial charge >= 0.3 is 0 Å². The molecule has 1 aliphatic carbocycles. The number of rotatable bonds is 9. The lowest BCUT2D eigenvalue weighted by Crippen LogP contribution is -2.50. The maximum atomic E-state index is 14.0. The van der Waals surface area contributed by atoms with Crippen LogP contribution in [0.4, 0.5) is 0 Å². The van der Waals surface area contributed by atoms with E-state index in [2.05, 4.69) is 61.6 Å². The van der Waals surface area contributed by atoms with Crippen LogP contribution in [0.25, 0.3) is 0 Å². The molecule has 7 heteroatoms. The predicted molar refractivity (Wildman–Crippen MR) is 152 cm³/mol. The van der Waals surface area contributed by atoms with Crippen molar-refractivity contribution in [3.05, 3.63) is 35.9 Å². The van der Waals surface area contributed by atoms with Crippen molar-refractivity contribution in [2.24, 2.45) is 28.9 Å². The number of hydrogen-bond donors (Lipinski definition) is 2. The fraction of sp³-hybridized carbons (Fsp3) is 0.710. The summed E-state index contributed by atoms with van der Waals surface area (Å²) in [5.41, 5.74) is 5.63. The molecule has 2 aliphatic rings. The molecule has 212 valence electrons. The first-order valence-corrected chi connectivity index (χ1v) is 14.5. The lowest BCUT2D eigenvalue weighted by atomic mass is 9.73. The Bertz CT molecular complexity index is 944. The Morgan fingerprint density at radius 2 is 1.74 bits per heavy atom. The normalized spacial score (nSPS) is 25.9. The first kappa shape index (κ1) is 30.1. The van der Waals surface area contributed by atoms with E-state index in [0.717, 1.165) is 44.4 Å². The van der Waals surface area contributed by atoms with Gasteiger partial charge in [0.05, 0.1) is 12.0 Å². The molecule has 1 aromatic rings. The largest absolute Gasteiger partial charge is 0.368 e. The van der Waals surface area contributed by atoms with Crippen molar-refractivity contribution in [1.82, 2.24) is 15.1 Å². The zero-order valence-electron chi connectivity index (χ0n) is 24.3. The number of benzene rings is 1. The van der Waals surface area contributed by atoms with Crippen LogP contribution in [0.2, 0.25) is 0 Å². The number of carbonyl (C=O) groups is 3. The highest BCUT2D eigenvalue weighted by Crippen LogP contribution is 2.41. The summed E-state index contributed by atoms with van der Waals surface area (Å²) < 4.78 is 0. The average Bonchev–Trinajstić information content (AvgIpc) is 2.87. The second-order valence-corrected chi connectivity index (χ2v) is 12.7. The molecule has 0 spiro atoms. The zero-order chi connectivity index (χ0) is 27.9. The fourth-order valence-corrected chi connectivity index (χ4v) is 6.53. The van der Waals surface area contributed by atoms with E-state index in [9.17, 15) is 14.4 Å². The Morgan fingerprint density at radius 3 is 2.32 bits per heavy atom. The van der Waals surface area contributed by atoms with E-state index >= 15 is 0 Å². The van der Waals surface area contributed by atoms with E-state index in [1.807, 2.05) is 18.7 Å². The minimum Gasteiger partial charge on any atom is -0.368 e. The topological polar surface area (TPSA) is 95.7 Å². The van der Waals surface area contributed by atoms with Gasteiger partial charge in [0.25, 0.3) is 0 Å². The Balaban J connectivity index is 1.89. The standard InChI is InChI=1S/C31H50N4O3/c1-23-25(20-24-12-9-13-24)14-10-17-31(34(4)5,26-15-7-6-8-16-26)18-11-19-35(28(23)37)22-30(2,3)29(38)33-21-27(32)36/h6-8,15-16,23-25H,9-14,17-22H2,1-5H3,(H2,32,36)(H,33,38)/t23?,25?,31-/m1/s1. The Morgan fingerprint density at radius 1 is 1.08 bits per heavy atom. The third-order valence-corrected chi connectivity index (χ3v) is 9.24. The molecule has 2 fully saturated rings. The van der Waals surface area contributed by atoms with Gasteiger partial charge in [-0.3, -0.25) is 19.3 Å². The van der Waals surface area contributed by atoms with Gasteiger partial charge < -0.3 is 16.0 Å². The van der Waals surface area contributed by atoms with Gasteiger partial charge in [0.1, 0.15) is 0 Å². The molecule has 3 atom stereocenters. The van der Waals surface area contributed by atoms with Gasteiger partial charge in [0.2, 0.25) is 17.7 Å². The quantitative estimate of drug-likeness (QED) is 0.501. The molecule has 3 rings (SSSR count). The highest BCUT2D eigenvalue weighted by Gasteiger charge is 2.39. The number of nitrogens with zero attached hydrogens (tertiary/aromatic N) is 2. The summed E-state index contributed by atoms with van der Waals surface area (Å²) in [7, 11) is 4.35. The van der Waals surface area contributed by atoms with Gasteiger partial charge in [-0.1, -0.05) is 62.9 Å². The fourth-order valence-electron chi connectivity index (χ4n) is 6.53. The van der Waals surface area contributed by atoms with Crippen LogP contribution >= 0.6 is 0 Å². The van der Waals surface area contributed by atoms with Gasteiger partial charge in [-0.15, -0.1) is 0 Å². The minimum atomic E-state index is -0.841. The first-order valence-electron chi connectivity index (χ1n) is 14.5. The molecule has 0 radical (unpaired) electrons. The van der Waals surface area contributed by atoms with Crippen molar-refractivity contribution in [2.75, 3.05) is 33.7 Å². The first-order chi connectivity index (χ1) is 18.0. The molecule has 1 saturated heterocycles. The Labute approximate surface area is 229 Å². The van der Waals surface area contributed by atoms with Crippen LogP contribution in [0.1, 0.15) is 84.1 Å². The van der Waals surface area contributed by atoms with Gasteiger partial charge in [-0.2, -0.15) is 0 Å². The summed E-state index contributed by atoms with van der Waals surface area (Å²) in [6, 6.07) is 10.8. The molecule has 3 N–H and O–H groups in total. The van der Waals surface area contributed by atoms with E-state index in [0.29, 0.717) is 19.0 Å². The monoisotopic (exact) mass is 526 g/mol. The maximum Gasteiger partial charge on any atom is 0.236 e. The van der Waals surface area contributed by atoms with Crippen molar-refractivity contribution in [3.63, 3.8) is 0 Å². The molecule has 1 heterocycles. The molecule has 7 nitrogen and oxygen atoms in total. The molecule has 0 bridgehead atoms. The number of nitrogens with one attached hydrogen (secondary N) is 1. The molecule has 1 aromatic carbocycles. The Kier molecular flexibility index (Phi) is 10.4. The molecule has 2 unspecified atom stereocenters. The maximum absolute atomic E-state index is 14.0. The molecular weight excluding hydrogens is 476 g/mol. The van der Waals surface area contributed by atoms with Crippen LogP contribution in [-0.4, -0.2) is 61.3 Å². The zero-order valence-corrected chi connectivity index (χ0v) is 24.3. The van der Waals surface area contributed by atoms with Gasteiger partial charge in [0.15, 0.2) is 0 Å². The summed E-state index contributed by atoms with van der Waals surface area (Å²) in [5.74, 6) is 0.317. The summed E-state index contributed by atoms with van der Waals surface area (Å²) in [6.45, 7) is 6.51. The van der Waals surface area contributed by atoms with Crippen LogP contribution in [0.5, 0.6) is 0 Å². The van der Waals surface area contributed by atoms with Gasteiger partial charge in [-0.25, -0.2) is 0 Å². The molecule has 1 aliphatic heterocycles. The number of primary amides is 1. The number of amides is 3. The van der Waals surface area contributed by atoms with E-state index in [1.54, 1.807) is 0 Å². The van der Waals surface area contributed by atoms with Crippen LogP contribution in [0.15, 0.2) is 30.3 Å². The molecule has 0 aromatic heterocycles. The third-order valence-electron chi connectivity index (χ3n) is 9.24. The summed E-state index contributed by atoms with van der Waals surface area (Å²) in [5, 5.41) is 2.64. The van der Waals surface area contributed by atoms with Crippen LogP contribution < -0.4 is 11.1 Å². The number of nitrogens with two attached hydrogens (primary N) is 1. The SMILES string of the molecule is CC1C(=O)N(CC(C)(C)C(=O)NCC(N)=O)CCC[C@](c2ccccc2)(N(C)C)CCCC1CC1CCC1. The van der Waals surface area contributed by atoms with E-state index < -0.39 is 11.3 Å². The van der Waals surface area contributed by atoms with Crippen LogP contribution in [0, 0.1) is 23.2 Å². The smallest absolute Gasteiger partial charge is 0.236 e. The minimum absolute atomic E-state index is 0.0799. The Hall–Kier alpha value is -2.41. The van der Waals surface area contributed by atoms with Gasteiger partial charge in [-0.05, 0) is 77.4 Å². The van der Waals surface area contributed by atoms with Crippen molar-refractivity contribution < 1.29 is 14.4 Å². The van der Waals surface area contributed by atoms with Crippen molar-refractivity contribution in [3.8, 4) is 0 Å². The van der Waals surface area contributed by atoms with Crippen molar-refractivity contribution in [1.29, 1.82) is 0 Å². The lowest BCUT2D eigenvalue weighted by Gasteiger charge is -2.42. The number of hydrogen-bond acceptors (Lipinski definition) is 4. The second-order valence-electron chi connectivity index (χ2n) is 12.7. The molecule has 38 heavy (non-hydrogen) atoms. The third kappa shape index (κ3) is 7.37.